The van der Waals surface area contributed by atoms with Gasteiger partial charge >= 0.3 is 5.97 Å². The van der Waals surface area contributed by atoms with E-state index in [4.69, 9.17) is 28.6 Å². The predicted octanol–water partition coefficient (Wildman–Crippen LogP) is 2.35. The molecule has 2 N–H and O–H groups in total. The first-order chi connectivity index (χ1) is 12.7. The van der Waals surface area contributed by atoms with Gasteiger partial charge in [-0.1, -0.05) is 6.07 Å². The second-order valence-corrected chi connectivity index (χ2v) is 6.26. The van der Waals surface area contributed by atoms with Gasteiger partial charge < -0.3 is 24.1 Å². The average Bonchev–Trinajstić information content (AvgIpc) is 2.66. The molecule has 0 atom stereocenters. The number of carboxylic acids is 1. The van der Waals surface area contributed by atoms with Crippen molar-refractivity contribution < 1.29 is 41.8 Å². The number of methoxy groups -OCH3 is 4. The van der Waals surface area contributed by atoms with Crippen LogP contribution < -0.4 is 18.9 Å². The minimum Gasteiger partial charge on any atom is -0.496 e. The summed E-state index contributed by atoms with van der Waals surface area (Å²) in [4.78, 5) is 10.6. The van der Waals surface area contributed by atoms with Gasteiger partial charge in [-0.25, -0.2) is 4.79 Å². The van der Waals surface area contributed by atoms with Gasteiger partial charge in [-0.3, -0.25) is 4.55 Å². The third-order valence-corrected chi connectivity index (χ3v) is 4.14. The molecule has 148 valence electrons. The number of carboxylic acid groups (broad SMARTS) is 1. The van der Waals surface area contributed by atoms with Gasteiger partial charge in [-0.15, -0.1) is 0 Å². The lowest BCUT2D eigenvalue weighted by Gasteiger charge is -2.08. The van der Waals surface area contributed by atoms with E-state index in [-0.39, 0.29) is 16.2 Å². The largest absolute Gasteiger partial charge is 0.496 e. The molecule has 0 heterocycles. The summed E-state index contributed by atoms with van der Waals surface area (Å²) in [7, 11) is 1.46. The van der Waals surface area contributed by atoms with Crippen molar-refractivity contribution in [1.82, 2.24) is 0 Å². The lowest BCUT2D eigenvalue weighted by Crippen LogP contribution is -2.03. The molecule has 0 fully saturated rings. The molecule has 0 radical (unpaired) electrons. The number of carbonyl (C=O) groups is 1. The molecule has 2 aromatic rings. The SMILES string of the molecule is COc1ccc(S(=O)(=O)O)cc1OC.COc1cccc(OC)c1C(=O)O. The molecule has 0 amide bonds. The molecule has 0 aromatic heterocycles. The van der Waals surface area contributed by atoms with Crippen molar-refractivity contribution in [2.75, 3.05) is 28.4 Å². The van der Waals surface area contributed by atoms with Crippen LogP contribution in [-0.4, -0.2) is 52.5 Å². The molecule has 0 aliphatic heterocycles. The van der Waals surface area contributed by atoms with E-state index in [1.807, 2.05) is 0 Å². The van der Waals surface area contributed by atoms with Crippen molar-refractivity contribution in [3.05, 3.63) is 42.0 Å². The van der Waals surface area contributed by atoms with Gasteiger partial charge in [-0.2, -0.15) is 8.42 Å². The standard InChI is InChI=1S/C9H10O4.C8H10O5S/c1-12-6-4-3-5-7(13-2)8(6)9(10)11;1-12-7-4-3-6(14(9,10)11)5-8(7)13-2/h3-5H,1-2H3,(H,10,11);3-5H,1-2H3,(H,9,10,11). The molecule has 9 nitrogen and oxygen atoms in total. The second-order valence-electron chi connectivity index (χ2n) is 4.83. The van der Waals surface area contributed by atoms with Crippen molar-refractivity contribution in [3.63, 3.8) is 0 Å². The van der Waals surface area contributed by atoms with Crippen molar-refractivity contribution >= 4 is 16.1 Å². The molecule has 0 saturated carbocycles. The zero-order chi connectivity index (χ0) is 20.6. The summed E-state index contributed by atoms with van der Waals surface area (Å²) in [6.07, 6.45) is 0. The van der Waals surface area contributed by atoms with Crippen LogP contribution in [0.4, 0.5) is 0 Å². The van der Waals surface area contributed by atoms with Crippen molar-refractivity contribution in [3.8, 4) is 23.0 Å². The molecule has 10 heteroatoms. The summed E-state index contributed by atoms with van der Waals surface area (Å²) >= 11 is 0. The van der Waals surface area contributed by atoms with Crippen LogP contribution >= 0.6 is 0 Å². The van der Waals surface area contributed by atoms with Crippen molar-refractivity contribution in [2.24, 2.45) is 0 Å². The smallest absolute Gasteiger partial charge is 0.343 e. The minimum absolute atomic E-state index is 0.0486. The van der Waals surface area contributed by atoms with Gasteiger partial charge in [0, 0.05) is 6.07 Å². The van der Waals surface area contributed by atoms with Crippen molar-refractivity contribution in [2.45, 2.75) is 4.90 Å². The fraction of sp³-hybridized carbons (Fsp3) is 0.235. The first-order valence-electron chi connectivity index (χ1n) is 7.33. The maximum Gasteiger partial charge on any atom is 0.343 e. The van der Waals surface area contributed by atoms with E-state index in [9.17, 15) is 13.2 Å². The molecular formula is C17H20O9S. The number of ether oxygens (including phenoxy) is 4. The highest BCUT2D eigenvalue weighted by molar-refractivity contribution is 7.85. The number of benzene rings is 2. The maximum absolute atomic E-state index is 10.8. The van der Waals surface area contributed by atoms with Gasteiger partial charge in [0.25, 0.3) is 10.1 Å². The molecule has 2 aromatic carbocycles. The Morgan fingerprint density at radius 2 is 1.30 bits per heavy atom. The summed E-state index contributed by atoms with van der Waals surface area (Å²) in [5.41, 5.74) is 0.0486. The van der Waals surface area contributed by atoms with E-state index in [2.05, 4.69) is 0 Å². The van der Waals surface area contributed by atoms with Crippen LogP contribution in [0, 0.1) is 0 Å². The molecule has 0 saturated heterocycles. The van der Waals surface area contributed by atoms with Crippen molar-refractivity contribution in [1.29, 1.82) is 0 Å². The number of hydrogen-bond acceptors (Lipinski definition) is 7. The first kappa shape index (κ1) is 22.1. The Labute approximate surface area is 156 Å². The van der Waals surface area contributed by atoms with E-state index in [1.165, 1.54) is 46.6 Å². The maximum atomic E-state index is 10.8. The van der Waals surface area contributed by atoms with Gasteiger partial charge in [0.05, 0.1) is 33.3 Å². The molecule has 0 spiro atoms. The molecule has 0 aliphatic carbocycles. The van der Waals surface area contributed by atoms with Crippen LogP contribution in [0.1, 0.15) is 10.4 Å². The third kappa shape index (κ3) is 5.76. The van der Waals surface area contributed by atoms with E-state index < -0.39 is 16.1 Å². The third-order valence-electron chi connectivity index (χ3n) is 3.29. The lowest BCUT2D eigenvalue weighted by molar-refractivity contribution is 0.0689. The Kier molecular flexibility index (Phi) is 7.88. The van der Waals surface area contributed by atoms with Crippen LogP contribution in [-0.2, 0) is 10.1 Å². The summed E-state index contributed by atoms with van der Waals surface area (Å²) in [6.45, 7) is 0. The Morgan fingerprint density at radius 1 is 0.815 bits per heavy atom. The van der Waals surface area contributed by atoms with Gasteiger partial charge in [0.1, 0.15) is 17.1 Å². The highest BCUT2D eigenvalue weighted by Gasteiger charge is 2.16. The summed E-state index contributed by atoms with van der Waals surface area (Å²) < 4.78 is 49.8. The molecule has 0 aliphatic rings. The summed E-state index contributed by atoms with van der Waals surface area (Å²) in [6, 6.07) is 8.65. The Hall–Kier alpha value is -2.98. The van der Waals surface area contributed by atoms with Gasteiger partial charge in [0.15, 0.2) is 11.5 Å². The van der Waals surface area contributed by atoms with Crippen LogP contribution in [0.25, 0.3) is 0 Å². The van der Waals surface area contributed by atoms with Crippen LogP contribution in [0.15, 0.2) is 41.3 Å². The highest BCUT2D eigenvalue weighted by Crippen LogP contribution is 2.29. The Morgan fingerprint density at radius 3 is 1.67 bits per heavy atom. The monoisotopic (exact) mass is 400 g/mol. The fourth-order valence-corrected chi connectivity index (χ4v) is 2.53. The highest BCUT2D eigenvalue weighted by atomic mass is 32.2. The molecule has 0 unspecified atom stereocenters. The Balaban J connectivity index is 0.000000271. The van der Waals surface area contributed by atoms with E-state index >= 15 is 0 Å². The first-order valence-corrected chi connectivity index (χ1v) is 8.77. The number of aromatic carboxylic acids is 1. The Bertz CT molecular complexity index is 869. The zero-order valence-corrected chi connectivity index (χ0v) is 15.9. The van der Waals surface area contributed by atoms with Gasteiger partial charge in [-0.05, 0) is 24.3 Å². The lowest BCUT2D eigenvalue weighted by atomic mass is 10.2. The molecule has 2 rings (SSSR count). The topological polar surface area (TPSA) is 129 Å². The normalized spacial score (nSPS) is 10.3. The molecular weight excluding hydrogens is 380 g/mol. The number of hydrogen-bond donors (Lipinski definition) is 2. The minimum atomic E-state index is -4.20. The van der Waals surface area contributed by atoms with Gasteiger partial charge in [0.2, 0.25) is 0 Å². The second kappa shape index (κ2) is 9.64. The summed E-state index contributed by atoms with van der Waals surface area (Å²) in [5.74, 6) is 0.190. The summed E-state index contributed by atoms with van der Waals surface area (Å²) in [5, 5.41) is 8.85. The number of rotatable bonds is 6. The van der Waals surface area contributed by atoms with Crippen LogP contribution in [0.3, 0.4) is 0 Å². The van der Waals surface area contributed by atoms with E-state index in [1.54, 1.807) is 18.2 Å². The van der Waals surface area contributed by atoms with Crippen LogP contribution in [0.5, 0.6) is 23.0 Å². The van der Waals surface area contributed by atoms with E-state index in [0.29, 0.717) is 17.2 Å². The quantitative estimate of drug-likeness (QED) is 0.702. The molecule has 0 bridgehead atoms. The van der Waals surface area contributed by atoms with Crippen LogP contribution in [0.2, 0.25) is 0 Å². The molecule has 27 heavy (non-hydrogen) atoms. The predicted molar refractivity (Wildman–Crippen MR) is 95.9 cm³/mol. The average molecular weight is 400 g/mol. The van der Waals surface area contributed by atoms with E-state index in [0.717, 1.165) is 0 Å². The fourth-order valence-electron chi connectivity index (χ4n) is 2.04. The zero-order valence-electron chi connectivity index (χ0n) is 15.1.